The van der Waals surface area contributed by atoms with Crippen LogP contribution in [-0.2, 0) is 10.4 Å². The molecule has 132 valence electrons. The number of nitrogens with one attached hydrogen (secondary N) is 1. The maximum absolute atomic E-state index is 13.8. The maximum atomic E-state index is 13.8. The van der Waals surface area contributed by atoms with E-state index in [0.717, 1.165) is 18.2 Å². The molecule has 0 amide bonds. The molecule has 0 radical (unpaired) electrons. The molecule has 1 unspecified atom stereocenters. The Morgan fingerprint density at radius 2 is 1.64 bits per heavy atom. The van der Waals surface area contributed by atoms with Crippen LogP contribution in [0.1, 0.15) is 11.1 Å². The van der Waals surface area contributed by atoms with Crippen molar-refractivity contribution in [1.82, 2.24) is 10.5 Å². The summed E-state index contributed by atoms with van der Waals surface area (Å²) in [5.41, 5.74) is -0.478. The van der Waals surface area contributed by atoms with Crippen molar-refractivity contribution in [3.05, 3.63) is 67.9 Å². The van der Waals surface area contributed by atoms with Crippen molar-refractivity contribution in [2.45, 2.75) is 11.8 Å². The number of benzene rings is 1. The predicted octanol–water partition coefficient (Wildman–Crippen LogP) is 6.03. The van der Waals surface area contributed by atoms with E-state index in [-0.39, 0.29) is 37.0 Å². The Hall–Kier alpha value is -1.18. The minimum Gasteiger partial charge on any atom is -0.265 e. The van der Waals surface area contributed by atoms with Gasteiger partial charge in [0.2, 0.25) is 5.60 Å². The number of halogens is 7. The molecule has 10 heteroatoms. The lowest BCUT2D eigenvalue weighted by Gasteiger charge is -2.28. The van der Waals surface area contributed by atoms with Gasteiger partial charge in [0.1, 0.15) is 5.15 Å². The van der Waals surface area contributed by atoms with Crippen LogP contribution in [0, 0.1) is 0 Å². The van der Waals surface area contributed by atoms with E-state index < -0.39 is 11.8 Å². The van der Waals surface area contributed by atoms with Crippen LogP contribution < -0.4 is 5.48 Å². The molecule has 0 aliphatic carbocycles. The number of pyridine rings is 1. The second-order valence-corrected chi connectivity index (χ2v) is 6.79. The zero-order valence-electron chi connectivity index (χ0n) is 12.0. The molecule has 2 heterocycles. The van der Waals surface area contributed by atoms with E-state index >= 15 is 0 Å². The Kier molecular flexibility index (Phi) is 4.85. The third kappa shape index (κ3) is 3.41. The maximum Gasteiger partial charge on any atom is 0.428 e. The highest BCUT2D eigenvalue weighted by Crippen LogP contribution is 2.48. The van der Waals surface area contributed by atoms with Gasteiger partial charge >= 0.3 is 6.18 Å². The second kappa shape index (κ2) is 6.52. The first kappa shape index (κ1) is 18.6. The van der Waals surface area contributed by atoms with Crippen LogP contribution in [0.3, 0.4) is 0 Å². The molecule has 25 heavy (non-hydrogen) atoms. The molecule has 2 aromatic rings. The summed E-state index contributed by atoms with van der Waals surface area (Å²) >= 11 is 23.3. The molecule has 0 fully saturated rings. The van der Waals surface area contributed by atoms with Crippen molar-refractivity contribution in [1.29, 1.82) is 0 Å². The van der Waals surface area contributed by atoms with E-state index in [1.807, 2.05) is 0 Å². The highest BCUT2D eigenvalue weighted by molar-refractivity contribution is 6.41. The molecule has 1 aromatic carbocycles. The summed E-state index contributed by atoms with van der Waals surface area (Å²) in [6, 6.07) is 4.97. The summed E-state index contributed by atoms with van der Waals surface area (Å²) in [7, 11) is 0. The van der Waals surface area contributed by atoms with E-state index in [4.69, 9.17) is 51.2 Å². The fourth-order valence-corrected chi connectivity index (χ4v) is 3.12. The van der Waals surface area contributed by atoms with Crippen LogP contribution >= 0.6 is 46.4 Å². The number of aromatic nitrogens is 1. The molecular formula is C15H7Cl4F3N2O. The molecule has 0 saturated carbocycles. The van der Waals surface area contributed by atoms with Gasteiger partial charge in [0, 0.05) is 27.4 Å². The van der Waals surface area contributed by atoms with Crippen LogP contribution in [-0.4, -0.2) is 11.2 Å². The van der Waals surface area contributed by atoms with Gasteiger partial charge in [-0.15, -0.1) is 0 Å². The van der Waals surface area contributed by atoms with Crippen molar-refractivity contribution in [2.75, 3.05) is 0 Å². The molecule has 3 nitrogen and oxygen atoms in total. The van der Waals surface area contributed by atoms with Crippen LogP contribution in [0.5, 0.6) is 0 Å². The minimum atomic E-state index is -4.79. The second-order valence-electron chi connectivity index (χ2n) is 5.15. The lowest BCUT2D eigenvalue weighted by atomic mass is 9.92. The van der Waals surface area contributed by atoms with Crippen molar-refractivity contribution in [3.63, 3.8) is 0 Å². The Balaban J connectivity index is 2.15. The number of hydrogen-bond acceptors (Lipinski definition) is 3. The number of hydrogen-bond donors (Lipinski definition) is 1. The first-order chi connectivity index (χ1) is 11.6. The topological polar surface area (TPSA) is 34.2 Å². The minimum absolute atomic E-state index is 0.0273. The van der Waals surface area contributed by atoms with Crippen LogP contribution in [0.15, 0.2) is 36.5 Å². The van der Waals surface area contributed by atoms with Gasteiger partial charge in [0.25, 0.3) is 0 Å². The summed E-state index contributed by atoms with van der Waals surface area (Å²) in [6.07, 6.45) is -2.65. The fourth-order valence-electron chi connectivity index (χ4n) is 2.32. The summed E-state index contributed by atoms with van der Waals surface area (Å²) < 4.78 is 41.5. The molecule has 0 bridgehead atoms. The first-order valence-corrected chi connectivity index (χ1v) is 8.15. The van der Waals surface area contributed by atoms with Gasteiger partial charge in [-0.3, -0.25) is 10.3 Å². The molecule has 1 aromatic heterocycles. The Bertz CT molecular complexity index is 852. The van der Waals surface area contributed by atoms with Gasteiger partial charge in [-0.05, 0) is 30.3 Å². The average Bonchev–Trinajstić information content (AvgIpc) is 2.95. The summed E-state index contributed by atoms with van der Waals surface area (Å²) in [4.78, 5) is 8.76. The van der Waals surface area contributed by atoms with Crippen LogP contribution in [0.4, 0.5) is 13.2 Å². The van der Waals surface area contributed by atoms with E-state index in [1.54, 1.807) is 0 Å². The summed E-state index contributed by atoms with van der Waals surface area (Å²) in [6.45, 7) is 0. The molecule has 1 aliphatic rings. The standard InChI is InChI=1S/C15H7Cl4F3N2O/c16-9-2-8(3-10(17)4-9)14(15(20,21)22)5-12(24-25-14)7-1-11(18)13(19)23-6-7/h1-6,24H. The molecule has 1 N–H and O–H groups in total. The smallest absolute Gasteiger partial charge is 0.265 e. The quantitative estimate of drug-likeness (QED) is 0.592. The van der Waals surface area contributed by atoms with Gasteiger partial charge in [-0.1, -0.05) is 46.4 Å². The lowest BCUT2D eigenvalue weighted by Crippen LogP contribution is -2.42. The number of rotatable bonds is 2. The zero-order valence-corrected chi connectivity index (χ0v) is 15.0. The van der Waals surface area contributed by atoms with Crippen LogP contribution in [0.2, 0.25) is 20.2 Å². The lowest BCUT2D eigenvalue weighted by molar-refractivity contribution is -0.269. The van der Waals surface area contributed by atoms with Crippen molar-refractivity contribution >= 4 is 52.1 Å². The molecule has 1 aliphatic heterocycles. The monoisotopic (exact) mass is 428 g/mol. The molecule has 1 atom stereocenters. The number of nitrogens with zero attached hydrogens (tertiary/aromatic N) is 1. The summed E-state index contributed by atoms with van der Waals surface area (Å²) in [5, 5.41) is 0.228. The van der Waals surface area contributed by atoms with Gasteiger partial charge in [-0.2, -0.15) is 13.2 Å². The summed E-state index contributed by atoms with van der Waals surface area (Å²) in [5.74, 6) is 0. The van der Waals surface area contributed by atoms with E-state index in [0.29, 0.717) is 0 Å². The molecule has 0 saturated heterocycles. The Morgan fingerprint density at radius 1 is 1.00 bits per heavy atom. The Morgan fingerprint density at radius 3 is 2.20 bits per heavy atom. The van der Waals surface area contributed by atoms with E-state index in [2.05, 4.69) is 10.5 Å². The largest absolute Gasteiger partial charge is 0.428 e. The Labute approximate surface area is 160 Å². The van der Waals surface area contributed by atoms with Crippen molar-refractivity contribution < 1.29 is 18.0 Å². The molecule has 0 spiro atoms. The van der Waals surface area contributed by atoms with E-state index in [9.17, 15) is 13.2 Å². The SMILES string of the molecule is FC(F)(F)C1(c2cc(Cl)cc(Cl)c2)C=C(c2cnc(Cl)c(Cl)c2)NO1. The molecular weight excluding hydrogens is 423 g/mol. The van der Waals surface area contributed by atoms with Gasteiger partial charge in [0.15, 0.2) is 0 Å². The van der Waals surface area contributed by atoms with Gasteiger partial charge in [-0.25, -0.2) is 4.98 Å². The van der Waals surface area contributed by atoms with Gasteiger partial charge < -0.3 is 0 Å². The average molecular weight is 430 g/mol. The van der Waals surface area contributed by atoms with Crippen molar-refractivity contribution in [3.8, 4) is 0 Å². The molecule has 3 rings (SSSR count). The third-order valence-electron chi connectivity index (χ3n) is 3.49. The predicted molar refractivity (Wildman–Crippen MR) is 90.6 cm³/mol. The zero-order chi connectivity index (χ0) is 18.4. The fraction of sp³-hybridized carbons (Fsp3) is 0.133. The van der Waals surface area contributed by atoms with E-state index in [1.165, 1.54) is 18.3 Å². The highest BCUT2D eigenvalue weighted by Gasteiger charge is 2.59. The number of alkyl halides is 3. The highest BCUT2D eigenvalue weighted by atomic mass is 35.5. The normalized spacial score (nSPS) is 20.4. The van der Waals surface area contributed by atoms with Crippen molar-refractivity contribution in [2.24, 2.45) is 0 Å². The van der Waals surface area contributed by atoms with Crippen LogP contribution in [0.25, 0.3) is 5.70 Å². The number of hydroxylamine groups is 1. The first-order valence-electron chi connectivity index (χ1n) is 6.64. The third-order valence-corrected chi connectivity index (χ3v) is 4.61. The van der Waals surface area contributed by atoms with Gasteiger partial charge in [0.05, 0.1) is 10.7 Å².